The molecule has 0 saturated heterocycles. The van der Waals surface area contributed by atoms with Gasteiger partial charge < -0.3 is 9.88 Å². The second kappa shape index (κ2) is 5.38. The van der Waals surface area contributed by atoms with E-state index >= 15 is 0 Å². The van der Waals surface area contributed by atoms with Crippen molar-refractivity contribution in [1.82, 2.24) is 9.88 Å². The summed E-state index contributed by atoms with van der Waals surface area (Å²) in [7, 11) is 2.13. The Bertz CT molecular complexity index is 558. The highest BCUT2D eigenvalue weighted by Gasteiger charge is 2.15. The molecule has 2 heteroatoms. The molecule has 0 aliphatic rings. The van der Waals surface area contributed by atoms with Gasteiger partial charge in [-0.1, -0.05) is 33.8 Å². The lowest BCUT2D eigenvalue weighted by atomic mass is 9.86. The van der Waals surface area contributed by atoms with Gasteiger partial charge in [-0.25, -0.2) is 0 Å². The molecule has 1 heterocycles. The standard InChI is InChI=1S/C17H26N2/c1-6-18-10-9-13-12-19(5)16-8-7-14(11-15(13)16)17(2,3)4/h7-8,11-12,18H,6,9-10H2,1-5H3. The van der Waals surface area contributed by atoms with Crippen molar-refractivity contribution >= 4 is 10.9 Å². The summed E-state index contributed by atoms with van der Waals surface area (Å²) in [5.41, 5.74) is 4.41. The van der Waals surface area contributed by atoms with Gasteiger partial charge in [0, 0.05) is 24.1 Å². The Labute approximate surface area is 116 Å². The van der Waals surface area contributed by atoms with Crippen molar-refractivity contribution in [3.63, 3.8) is 0 Å². The normalized spacial score (nSPS) is 12.3. The van der Waals surface area contributed by atoms with E-state index in [4.69, 9.17) is 0 Å². The van der Waals surface area contributed by atoms with E-state index in [2.05, 4.69) is 69.0 Å². The summed E-state index contributed by atoms with van der Waals surface area (Å²) in [6, 6.07) is 6.89. The lowest BCUT2D eigenvalue weighted by molar-refractivity contribution is 0.591. The molecule has 0 radical (unpaired) electrons. The van der Waals surface area contributed by atoms with E-state index in [1.807, 2.05) is 0 Å². The zero-order valence-corrected chi connectivity index (χ0v) is 12.9. The Morgan fingerprint density at radius 3 is 2.58 bits per heavy atom. The molecule has 104 valence electrons. The molecule has 0 amide bonds. The molecule has 2 rings (SSSR count). The minimum atomic E-state index is 0.211. The molecule has 0 bridgehead atoms. The average Bonchev–Trinajstić information content (AvgIpc) is 2.65. The van der Waals surface area contributed by atoms with Crippen molar-refractivity contribution in [3.05, 3.63) is 35.5 Å². The van der Waals surface area contributed by atoms with Crippen LogP contribution >= 0.6 is 0 Å². The number of hydrogen-bond acceptors (Lipinski definition) is 1. The predicted octanol–water partition coefficient (Wildman–Crippen LogP) is 3.63. The molecule has 0 aliphatic heterocycles. The molecule has 2 nitrogen and oxygen atoms in total. The van der Waals surface area contributed by atoms with Crippen LogP contribution < -0.4 is 5.32 Å². The van der Waals surface area contributed by atoms with E-state index in [9.17, 15) is 0 Å². The lowest BCUT2D eigenvalue weighted by Gasteiger charge is -2.19. The topological polar surface area (TPSA) is 17.0 Å². The third-order valence-electron chi connectivity index (χ3n) is 3.76. The smallest absolute Gasteiger partial charge is 0.0480 e. The number of nitrogens with zero attached hydrogens (tertiary/aromatic N) is 1. The summed E-state index contributed by atoms with van der Waals surface area (Å²) < 4.78 is 2.24. The number of aromatic nitrogens is 1. The fourth-order valence-electron chi connectivity index (χ4n) is 2.54. The highest BCUT2D eigenvalue weighted by Crippen LogP contribution is 2.28. The van der Waals surface area contributed by atoms with Crippen LogP contribution in [-0.4, -0.2) is 17.7 Å². The van der Waals surface area contributed by atoms with Crippen LogP contribution in [0.4, 0.5) is 0 Å². The molecule has 0 unspecified atom stereocenters. The molecule has 1 aromatic heterocycles. The minimum absolute atomic E-state index is 0.211. The van der Waals surface area contributed by atoms with Crippen LogP contribution in [0, 0.1) is 0 Å². The summed E-state index contributed by atoms with van der Waals surface area (Å²) in [6.07, 6.45) is 3.37. The third-order valence-corrected chi connectivity index (χ3v) is 3.76. The van der Waals surface area contributed by atoms with Gasteiger partial charge in [-0.3, -0.25) is 0 Å². The first-order valence-corrected chi connectivity index (χ1v) is 7.22. The molecular formula is C17H26N2. The van der Waals surface area contributed by atoms with E-state index < -0.39 is 0 Å². The number of aryl methyl sites for hydroxylation is 1. The maximum absolute atomic E-state index is 3.41. The number of fused-ring (bicyclic) bond motifs is 1. The molecular weight excluding hydrogens is 232 g/mol. The SMILES string of the molecule is CCNCCc1cn(C)c2ccc(C(C)(C)C)cc12. The van der Waals surface area contributed by atoms with Crippen molar-refractivity contribution in [2.24, 2.45) is 7.05 Å². The van der Waals surface area contributed by atoms with E-state index in [0.717, 1.165) is 19.5 Å². The Morgan fingerprint density at radius 2 is 1.95 bits per heavy atom. The largest absolute Gasteiger partial charge is 0.350 e. The monoisotopic (exact) mass is 258 g/mol. The van der Waals surface area contributed by atoms with Crippen molar-refractivity contribution < 1.29 is 0 Å². The van der Waals surface area contributed by atoms with Gasteiger partial charge in [0.15, 0.2) is 0 Å². The zero-order chi connectivity index (χ0) is 14.0. The van der Waals surface area contributed by atoms with Gasteiger partial charge in [0.25, 0.3) is 0 Å². The summed E-state index contributed by atoms with van der Waals surface area (Å²) in [6.45, 7) is 11.1. The van der Waals surface area contributed by atoms with Crippen molar-refractivity contribution in [3.8, 4) is 0 Å². The maximum atomic E-state index is 3.41. The van der Waals surface area contributed by atoms with E-state index in [-0.39, 0.29) is 5.41 Å². The number of hydrogen-bond donors (Lipinski definition) is 1. The van der Waals surface area contributed by atoms with E-state index in [0.29, 0.717) is 0 Å². The molecule has 2 aromatic rings. The Balaban J connectivity index is 2.41. The fraction of sp³-hybridized carbons (Fsp3) is 0.529. The van der Waals surface area contributed by atoms with Gasteiger partial charge in [-0.2, -0.15) is 0 Å². The van der Waals surface area contributed by atoms with Crippen LogP contribution in [0.2, 0.25) is 0 Å². The summed E-state index contributed by atoms with van der Waals surface area (Å²) >= 11 is 0. The second-order valence-corrected chi connectivity index (χ2v) is 6.35. The van der Waals surface area contributed by atoms with Gasteiger partial charge in [-0.05, 0) is 48.2 Å². The van der Waals surface area contributed by atoms with Crippen LogP contribution in [0.5, 0.6) is 0 Å². The van der Waals surface area contributed by atoms with Gasteiger partial charge in [0.1, 0.15) is 0 Å². The minimum Gasteiger partial charge on any atom is -0.350 e. The Hall–Kier alpha value is -1.28. The Kier molecular flexibility index (Phi) is 4.00. The number of rotatable bonds is 4. The first-order chi connectivity index (χ1) is 8.93. The molecule has 0 fully saturated rings. The molecule has 1 N–H and O–H groups in total. The number of benzene rings is 1. The van der Waals surface area contributed by atoms with Crippen molar-refractivity contribution in [1.29, 1.82) is 0 Å². The third kappa shape index (κ3) is 3.01. The van der Waals surface area contributed by atoms with Gasteiger partial charge in [0.2, 0.25) is 0 Å². The zero-order valence-electron chi connectivity index (χ0n) is 12.9. The number of nitrogens with one attached hydrogen (secondary N) is 1. The predicted molar refractivity (Wildman–Crippen MR) is 83.9 cm³/mol. The molecule has 1 aromatic carbocycles. The number of likely N-dealkylation sites (N-methyl/N-ethyl adjacent to an activating group) is 1. The quantitative estimate of drug-likeness (QED) is 0.829. The first kappa shape index (κ1) is 14.1. The molecule has 0 atom stereocenters. The van der Waals surface area contributed by atoms with Crippen LogP contribution in [0.15, 0.2) is 24.4 Å². The lowest BCUT2D eigenvalue weighted by Crippen LogP contribution is -2.16. The van der Waals surface area contributed by atoms with Gasteiger partial charge in [0.05, 0.1) is 0 Å². The highest BCUT2D eigenvalue weighted by molar-refractivity contribution is 5.85. The molecule has 0 spiro atoms. The van der Waals surface area contributed by atoms with Gasteiger partial charge >= 0.3 is 0 Å². The van der Waals surface area contributed by atoms with E-state index in [1.54, 1.807) is 0 Å². The summed E-state index contributed by atoms with van der Waals surface area (Å²) in [5, 5.41) is 4.82. The molecule has 19 heavy (non-hydrogen) atoms. The summed E-state index contributed by atoms with van der Waals surface area (Å²) in [4.78, 5) is 0. The van der Waals surface area contributed by atoms with Crippen LogP contribution in [-0.2, 0) is 18.9 Å². The maximum Gasteiger partial charge on any atom is 0.0480 e. The molecule has 0 aliphatic carbocycles. The average molecular weight is 258 g/mol. The molecule has 0 saturated carbocycles. The Morgan fingerprint density at radius 1 is 1.21 bits per heavy atom. The summed E-state index contributed by atoms with van der Waals surface area (Å²) in [5.74, 6) is 0. The van der Waals surface area contributed by atoms with E-state index in [1.165, 1.54) is 22.0 Å². The van der Waals surface area contributed by atoms with Crippen LogP contribution in [0.25, 0.3) is 10.9 Å². The van der Waals surface area contributed by atoms with Crippen molar-refractivity contribution in [2.75, 3.05) is 13.1 Å². The van der Waals surface area contributed by atoms with Crippen LogP contribution in [0.1, 0.15) is 38.8 Å². The first-order valence-electron chi connectivity index (χ1n) is 7.22. The van der Waals surface area contributed by atoms with Gasteiger partial charge in [-0.15, -0.1) is 0 Å². The highest BCUT2D eigenvalue weighted by atomic mass is 14.9. The second-order valence-electron chi connectivity index (χ2n) is 6.35. The van der Waals surface area contributed by atoms with Crippen LogP contribution in [0.3, 0.4) is 0 Å². The fourth-order valence-corrected chi connectivity index (χ4v) is 2.54. The van der Waals surface area contributed by atoms with Crippen molar-refractivity contribution in [2.45, 2.75) is 39.5 Å².